The second kappa shape index (κ2) is 10.8. The van der Waals surface area contributed by atoms with E-state index < -0.39 is 0 Å². The highest BCUT2D eigenvalue weighted by Gasteiger charge is 2.27. The molecule has 0 spiro atoms. The number of halogens is 1. The van der Waals surface area contributed by atoms with E-state index in [-0.39, 0.29) is 12.5 Å². The molecule has 2 aliphatic rings. The SMILES string of the molecule is COc1cc2c(C3CC3)ccnc2cc1OCC1CCB(C#N)CC1.Cc1ccc(N)cc1F. The predicted molar refractivity (Wildman–Crippen MR) is 135 cm³/mol. The van der Waals surface area contributed by atoms with Gasteiger partial charge in [0.1, 0.15) is 5.82 Å². The van der Waals surface area contributed by atoms with E-state index in [1.165, 1.54) is 29.9 Å². The molecule has 176 valence electrons. The van der Waals surface area contributed by atoms with Crippen LogP contribution in [0.3, 0.4) is 0 Å². The van der Waals surface area contributed by atoms with E-state index in [0.717, 1.165) is 42.5 Å². The van der Waals surface area contributed by atoms with Crippen molar-refractivity contribution in [3.63, 3.8) is 0 Å². The van der Waals surface area contributed by atoms with E-state index in [2.05, 4.69) is 23.1 Å². The summed E-state index contributed by atoms with van der Waals surface area (Å²) in [5.74, 6) is 4.91. The first-order valence-electron chi connectivity index (χ1n) is 12.0. The molecule has 2 aromatic carbocycles. The van der Waals surface area contributed by atoms with Crippen LogP contribution in [0.1, 0.15) is 42.7 Å². The lowest BCUT2D eigenvalue weighted by molar-refractivity contribution is 0.227. The fourth-order valence-corrected chi connectivity index (χ4v) is 4.47. The molecule has 1 aliphatic carbocycles. The van der Waals surface area contributed by atoms with Crippen LogP contribution in [0.5, 0.6) is 11.5 Å². The van der Waals surface area contributed by atoms with Gasteiger partial charge in [0, 0.05) is 29.3 Å². The summed E-state index contributed by atoms with van der Waals surface area (Å²) in [7, 11) is 1.69. The first-order valence-corrected chi connectivity index (χ1v) is 12.0. The third-order valence-electron chi connectivity index (χ3n) is 6.78. The Kier molecular flexibility index (Phi) is 7.57. The number of rotatable bonds is 5. The summed E-state index contributed by atoms with van der Waals surface area (Å²) < 4.78 is 24.2. The zero-order valence-electron chi connectivity index (χ0n) is 19.9. The van der Waals surface area contributed by atoms with Gasteiger partial charge in [-0.2, -0.15) is 0 Å². The number of aromatic nitrogens is 1. The number of nitrogens with zero attached hydrogens (tertiary/aromatic N) is 2. The van der Waals surface area contributed by atoms with Gasteiger partial charge < -0.3 is 15.2 Å². The maximum Gasteiger partial charge on any atom is 0.267 e. The first-order chi connectivity index (χ1) is 16.5. The van der Waals surface area contributed by atoms with Gasteiger partial charge >= 0.3 is 0 Å². The molecule has 34 heavy (non-hydrogen) atoms. The van der Waals surface area contributed by atoms with Crippen LogP contribution in [0.2, 0.25) is 12.6 Å². The molecule has 0 unspecified atom stereocenters. The number of fused-ring (bicyclic) bond motifs is 1. The van der Waals surface area contributed by atoms with E-state index in [1.54, 1.807) is 26.2 Å². The van der Waals surface area contributed by atoms with Gasteiger partial charge in [-0.3, -0.25) is 4.98 Å². The number of aryl methyl sites for hydroxylation is 1. The van der Waals surface area contributed by atoms with Crippen molar-refractivity contribution in [1.29, 1.82) is 5.26 Å². The fourth-order valence-electron chi connectivity index (χ4n) is 4.47. The molecular formula is C27H31BFN3O2. The lowest BCUT2D eigenvalue weighted by Crippen LogP contribution is -2.23. The lowest BCUT2D eigenvalue weighted by atomic mass is 9.42. The summed E-state index contributed by atoms with van der Waals surface area (Å²) in [5.41, 5.74) is 8.75. The van der Waals surface area contributed by atoms with Gasteiger partial charge in [-0.05, 0) is 67.0 Å². The second-order valence-corrected chi connectivity index (χ2v) is 9.36. The molecule has 0 bridgehead atoms. The smallest absolute Gasteiger partial charge is 0.267 e. The van der Waals surface area contributed by atoms with Crippen LogP contribution in [0, 0.1) is 29.9 Å². The number of anilines is 1. The third-order valence-corrected chi connectivity index (χ3v) is 6.78. The molecule has 2 fully saturated rings. The Morgan fingerprint density at radius 3 is 2.50 bits per heavy atom. The van der Waals surface area contributed by atoms with Crippen LogP contribution in [0.4, 0.5) is 10.1 Å². The summed E-state index contributed by atoms with van der Waals surface area (Å²) in [4.78, 5) is 4.53. The van der Waals surface area contributed by atoms with Crippen LogP contribution in [-0.4, -0.2) is 25.4 Å². The van der Waals surface area contributed by atoms with E-state index in [4.69, 9.17) is 20.5 Å². The van der Waals surface area contributed by atoms with Gasteiger partial charge in [0.2, 0.25) is 0 Å². The van der Waals surface area contributed by atoms with Gasteiger partial charge in [0.15, 0.2) is 11.5 Å². The summed E-state index contributed by atoms with van der Waals surface area (Å²) in [6.07, 6.45) is 8.55. The molecule has 2 N–H and O–H groups in total. The van der Waals surface area contributed by atoms with Crippen molar-refractivity contribution in [1.82, 2.24) is 4.98 Å². The Morgan fingerprint density at radius 1 is 1.12 bits per heavy atom. The molecule has 1 saturated carbocycles. The highest BCUT2D eigenvalue weighted by Crippen LogP contribution is 2.44. The Labute approximate surface area is 201 Å². The Balaban J connectivity index is 0.000000257. The van der Waals surface area contributed by atoms with E-state index >= 15 is 0 Å². The van der Waals surface area contributed by atoms with E-state index in [0.29, 0.717) is 29.7 Å². The van der Waals surface area contributed by atoms with Crippen LogP contribution < -0.4 is 15.2 Å². The number of nitriles is 1. The Bertz CT molecular complexity index is 1180. The Morgan fingerprint density at radius 2 is 1.88 bits per heavy atom. The Hall–Kier alpha value is -3.27. The van der Waals surface area contributed by atoms with Crippen LogP contribution in [0.25, 0.3) is 10.9 Å². The van der Waals surface area contributed by atoms with Crippen LogP contribution >= 0.6 is 0 Å². The van der Waals surface area contributed by atoms with Crippen molar-refractivity contribution in [2.75, 3.05) is 19.5 Å². The zero-order chi connectivity index (χ0) is 24.1. The summed E-state index contributed by atoms with van der Waals surface area (Å²) in [6.45, 7) is 2.62. The van der Waals surface area contributed by atoms with Crippen molar-refractivity contribution in [2.24, 2.45) is 5.92 Å². The topological polar surface area (TPSA) is 81.2 Å². The number of nitrogen functional groups attached to an aromatic ring is 1. The quantitative estimate of drug-likeness (QED) is 0.364. The number of hydrogen-bond donors (Lipinski definition) is 1. The molecule has 5 rings (SSSR count). The maximum atomic E-state index is 12.5. The van der Waals surface area contributed by atoms with E-state index in [1.807, 2.05) is 12.3 Å². The minimum atomic E-state index is -0.241. The summed E-state index contributed by atoms with van der Waals surface area (Å²) >= 11 is 0. The standard InChI is InChI=1S/C20H23BN2O2.C7H8FN/c1-24-19-10-17-16(15-2-3-15)6-9-23-18(17)11-20(19)25-12-14-4-7-21(13-22)8-5-14;1-5-2-3-6(9)4-7(5)8/h6,9-11,14-15H,2-5,7-8,12H2,1H3;2-4H,9H2,1H3. The van der Waals surface area contributed by atoms with Crippen LogP contribution in [-0.2, 0) is 0 Å². The average molecular weight is 459 g/mol. The number of ether oxygens (including phenoxy) is 2. The van der Waals surface area contributed by atoms with Crippen molar-refractivity contribution >= 4 is 23.3 Å². The highest BCUT2D eigenvalue weighted by molar-refractivity contribution is 6.67. The first kappa shape index (κ1) is 23.9. The van der Waals surface area contributed by atoms with Crippen LogP contribution in [0.15, 0.2) is 42.6 Å². The number of methoxy groups -OCH3 is 1. The maximum absolute atomic E-state index is 12.5. The van der Waals surface area contributed by atoms with E-state index in [9.17, 15) is 4.39 Å². The highest BCUT2D eigenvalue weighted by atomic mass is 19.1. The van der Waals surface area contributed by atoms with Gasteiger partial charge in [-0.1, -0.05) is 31.5 Å². The molecule has 1 aliphatic heterocycles. The molecule has 0 atom stereocenters. The second-order valence-electron chi connectivity index (χ2n) is 9.36. The molecule has 0 amide bonds. The molecule has 3 aromatic rings. The summed E-state index contributed by atoms with van der Waals surface area (Å²) in [6, 6.07) is 10.9. The lowest BCUT2D eigenvalue weighted by Gasteiger charge is -2.23. The van der Waals surface area contributed by atoms with Gasteiger partial charge in [-0.15, -0.1) is 0 Å². The van der Waals surface area contributed by atoms with Crippen molar-refractivity contribution in [3.05, 3.63) is 59.5 Å². The molecule has 5 nitrogen and oxygen atoms in total. The molecule has 2 heterocycles. The largest absolute Gasteiger partial charge is 0.493 e. The molecule has 1 saturated heterocycles. The van der Waals surface area contributed by atoms with Crippen molar-refractivity contribution < 1.29 is 13.9 Å². The minimum Gasteiger partial charge on any atom is -0.493 e. The average Bonchev–Trinajstić information content (AvgIpc) is 3.70. The predicted octanol–water partition coefficient (Wildman–Crippen LogP) is 6.18. The number of nitrogens with two attached hydrogens (primary N) is 1. The fraction of sp³-hybridized carbons (Fsp3) is 0.407. The molecular weight excluding hydrogens is 428 g/mol. The molecule has 0 radical (unpaired) electrons. The van der Waals surface area contributed by atoms with Crippen molar-refractivity contribution in [2.45, 2.75) is 51.2 Å². The third kappa shape index (κ3) is 5.80. The molecule has 7 heteroatoms. The summed E-state index contributed by atoms with van der Waals surface area (Å²) in [5, 5.41) is 10.2. The van der Waals surface area contributed by atoms with Crippen molar-refractivity contribution in [3.8, 4) is 17.5 Å². The number of benzene rings is 2. The zero-order valence-corrected chi connectivity index (χ0v) is 19.9. The number of hydrogen-bond acceptors (Lipinski definition) is 5. The monoisotopic (exact) mass is 459 g/mol. The molecule has 1 aromatic heterocycles. The minimum absolute atomic E-state index is 0.233. The van der Waals surface area contributed by atoms with Gasteiger partial charge in [-0.25, -0.2) is 9.65 Å². The number of pyridine rings is 1. The van der Waals surface area contributed by atoms with Gasteiger partial charge in [0.05, 0.1) is 19.2 Å². The normalized spacial score (nSPS) is 15.9. The van der Waals surface area contributed by atoms with Gasteiger partial charge in [0.25, 0.3) is 6.71 Å².